The molecule has 0 saturated heterocycles. The van der Waals surface area contributed by atoms with E-state index in [1.54, 1.807) is 36.6 Å². The minimum absolute atomic E-state index is 0.188. The van der Waals surface area contributed by atoms with E-state index in [1.165, 1.54) is 0 Å². The molecule has 0 spiro atoms. The average Bonchev–Trinajstić information content (AvgIpc) is 3.37. The van der Waals surface area contributed by atoms with Crippen molar-refractivity contribution in [2.75, 3.05) is 0 Å². The van der Waals surface area contributed by atoms with E-state index < -0.39 is 12.2 Å². The third-order valence-electron chi connectivity index (χ3n) is 4.78. The molecule has 0 unspecified atom stereocenters. The first-order valence-corrected chi connectivity index (χ1v) is 9.43. The van der Waals surface area contributed by atoms with Crippen LogP contribution in [0, 0.1) is 6.92 Å². The Hall–Kier alpha value is -3.95. The lowest BCUT2D eigenvalue weighted by molar-refractivity contribution is -0.133. The number of pyridine rings is 1. The van der Waals surface area contributed by atoms with Crippen molar-refractivity contribution in [1.82, 2.24) is 30.1 Å². The van der Waals surface area contributed by atoms with Crippen LogP contribution in [0.15, 0.2) is 47.1 Å². The molecule has 2 atom stereocenters. The quantitative estimate of drug-likeness (QED) is 0.546. The van der Waals surface area contributed by atoms with E-state index in [2.05, 4.69) is 25.7 Å². The molecule has 0 radical (unpaired) electrons. The van der Waals surface area contributed by atoms with E-state index in [4.69, 9.17) is 14.0 Å². The number of benzene rings is 1. The number of carbonyl (C=O) groups is 1. The highest BCUT2D eigenvalue weighted by Crippen LogP contribution is 2.33. The van der Waals surface area contributed by atoms with Crippen molar-refractivity contribution < 1.29 is 18.8 Å². The number of ether oxygens (including phenoxy) is 2. The predicted molar refractivity (Wildman–Crippen MR) is 104 cm³/mol. The lowest BCUT2D eigenvalue weighted by Crippen LogP contribution is -2.48. The van der Waals surface area contributed by atoms with E-state index in [0.717, 1.165) is 5.56 Å². The van der Waals surface area contributed by atoms with Crippen LogP contribution in [0.3, 0.4) is 0 Å². The Labute approximate surface area is 170 Å². The minimum atomic E-state index is -0.758. The topological polar surface area (TPSA) is 117 Å². The Balaban J connectivity index is 1.30. The van der Waals surface area contributed by atoms with Gasteiger partial charge >= 0.3 is 0 Å². The predicted octanol–water partition coefficient (Wildman–Crippen LogP) is 1.93. The number of nitrogens with one attached hydrogen (secondary N) is 1. The highest BCUT2D eigenvalue weighted by Gasteiger charge is 2.34. The molecule has 0 aliphatic carbocycles. The molecule has 1 aliphatic rings. The SMILES string of the molecule is Cc1noc(-c2ccn3c(CNC(=O)[C@@H]4Oc5ccccc5O[C@@H]4C)nnc3c2)n1. The molecule has 10 nitrogen and oxygen atoms in total. The van der Waals surface area contributed by atoms with Gasteiger partial charge in [0.2, 0.25) is 6.10 Å². The molecule has 3 aromatic heterocycles. The van der Waals surface area contributed by atoms with Crippen LogP contribution in [-0.2, 0) is 11.3 Å². The zero-order valence-electron chi connectivity index (χ0n) is 16.3. The van der Waals surface area contributed by atoms with Crippen LogP contribution in [0.1, 0.15) is 18.6 Å². The third-order valence-corrected chi connectivity index (χ3v) is 4.78. The van der Waals surface area contributed by atoms with E-state index in [9.17, 15) is 4.79 Å². The van der Waals surface area contributed by atoms with Gasteiger partial charge < -0.3 is 19.3 Å². The van der Waals surface area contributed by atoms with Crippen LogP contribution in [-0.4, -0.2) is 42.9 Å². The van der Waals surface area contributed by atoms with Crippen LogP contribution < -0.4 is 14.8 Å². The molecule has 1 amide bonds. The normalized spacial score (nSPS) is 17.8. The van der Waals surface area contributed by atoms with Crippen LogP contribution in [0.5, 0.6) is 11.5 Å². The molecular formula is C20H18N6O4. The van der Waals surface area contributed by atoms with E-state index >= 15 is 0 Å². The molecule has 10 heteroatoms. The Morgan fingerprint density at radius 1 is 1.17 bits per heavy atom. The number of rotatable bonds is 4. The second-order valence-corrected chi connectivity index (χ2v) is 6.93. The average molecular weight is 406 g/mol. The molecule has 1 aliphatic heterocycles. The number of hydrogen-bond donors (Lipinski definition) is 1. The first-order chi connectivity index (χ1) is 14.6. The van der Waals surface area contributed by atoms with Gasteiger partial charge in [0.25, 0.3) is 11.8 Å². The second-order valence-electron chi connectivity index (χ2n) is 6.93. The molecule has 30 heavy (non-hydrogen) atoms. The molecule has 0 saturated carbocycles. The third kappa shape index (κ3) is 3.21. The highest BCUT2D eigenvalue weighted by atomic mass is 16.6. The van der Waals surface area contributed by atoms with Crippen LogP contribution in [0.4, 0.5) is 0 Å². The first-order valence-electron chi connectivity index (χ1n) is 9.43. The molecule has 1 aromatic carbocycles. The summed E-state index contributed by atoms with van der Waals surface area (Å²) in [6, 6.07) is 10.9. The fourth-order valence-corrected chi connectivity index (χ4v) is 3.28. The summed E-state index contributed by atoms with van der Waals surface area (Å²) in [5.41, 5.74) is 1.35. The number of aromatic nitrogens is 5. The Morgan fingerprint density at radius 3 is 2.73 bits per heavy atom. The summed E-state index contributed by atoms with van der Waals surface area (Å²) < 4.78 is 18.6. The zero-order chi connectivity index (χ0) is 20.7. The van der Waals surface area contributed by atoms with Crippen molar-refractivity contribution in [2.45, 2.75) is 32.6 Å². The second kappa shape index (κ2) is 7.14. The zero-order valence-corrected chi connectivity index (χ0v) is 16.3. The summed E-state index contributed by atoms with van der Waals surface area (Å²) in [6.07, 6.45) is 0.618. The monoisotopic (exact) mass is 406 g/mol. The maximum atomic E-state index is 12.7. The molecule has 1 N–H and O–H groups in total. The van der Waals surface area contributed by atoms with Gasteiger partial charge in [0.15, 0.2) is 28.8 Å². The van der Waals surface area contributed by atoms with E-state index in [1.807, 2.05) is 24.3 Å². The Kier molecular flexibility index (Phi) is 4.31. The number of para-hydroxylation sites is 2. The van der Waals surface area contributed by atoms with Crippen molar-refractivity contribution in [3.63, 3.8) is 0 Å². The summed E-state index contributed by atoms with van der Waals surface area (Å²) in [7, 11) is 0. The molecule has 4 aromatic rings. The summed E-state index contributed by atoms with van der Waals surface area (Å²) in [4.78, 5) is 16.9. The smallest absolute Gasteiger partial charge is 0.265 e. The van der Waals surface area contributed by atoms with Gasteiger partial charge in [-0.25, -0.2) is 0 Å². The fraction of sp³-hybridized carbons (Fsp3) is 0.250. The number of amides is 1. The van der Waals surface area contributed by atoms with Gasteiger partial charge in [-0.2, -0.15) is 4.98 Å². The maximum absolute atomic E-state index is 12.7. The Morgan fingerprint density at radius 2 is 1.97 bits per heavy atom. The highest BCUT2D eigenvalue weighted by molar-refractivity contribution is 5.82. The summed E-state index contributed by atoms with van der Waals surface area (Å²) in [5.74, 6) is 2.44. The minimum Gasteiger partial charge on any atom is -0.482 e. The summed E-state index contributed by atoms with van der Waals surface area (Å²) >= 11 is 0. The molecule has 5 rings (SSSR count). The van der Waals surface area contributed by atoms with Gasteiger partial charge in [-0.3, -0.25) is 9.20 Å². The molecule has 0 bridgehead atoms. The Bertz CT molecular complexity index is 1230. The van der Waals surface area contributed by atoms with Crippen molar-refractivity contribution in [1.29, 1.82) is 0 Å². The van der Waals surface area contributed by atoms with E-state index in [0.29, 0.717) is 34.7 Å². The molecule has 152 valence electrons. The number of carbonyl (C=O) groups excluding carboxylic acids is 1. The first kappa shape index (κ1) is 18.1. The van der Waals surface area contributed by atoms with Crippen molar-refractivity contribution in [2.24, 2.45) is 0 Å². The van der Waals surface area contributed by atoms with Gasteiger partial charge in [0.1, 0.15) is 6.10 Å². The standard InChI is InChI=1S/C20H18N6O4/c1-11-18(29-15-6-4-3-5-14(15)28-11)19(27)21-10-17-24-23-16-9-13(7-8-26(16)17)20-22-12(2)25-30-20/h3-9,11,18H,10H2,1-2H3,(H,21,27)/t11-,18-/m1/s1. The van der Waals surface area contributed by atoms with Gasteiger partial charge in [-0.05, 0) is 38.1 Å². The fourth-order valence-electron chi connectivity index (χ4n) is 3.28. The number of nitrogens with zero attached hydrogens (tertiary/aromatic N) is 5. The maximum Gasteiger partial charge on any atom is 0.265 e. The van der Waals surface area contributed by atoms with Crippen LogP contribution >= 0.6 is 0 Å². The number of hydrogen-bond acceptors (Lipinski definition) is 8. The van der Waals surface area contributed by atoms with Crippen LogP contribution in [0.25, 0.3) is 17.1 Å². The van der Waals surface area contributed by atoms with Gasteiger partial charge in [0.05, 0.1) is 6.54 Å². The van der Waals surface area contributed by atoms with Gasteiger partial charge in [-0.1, -0.05) is 17.3 Å². The van der Waals surface area contributed by atoms with Gasteiger partial charge in [-0.15, -0.1) is 10.2 Å². The van der Waals surface area contributed by atoms with Crippen LogP contribution in [0.2, 0.25) is 0 Å². The van der Waals surface area contributed by atoms with Crippen molar-refractivity contribution in [3.8, 4) is 23.0 Å². The largest absolute Gasteiger partial charge is 0.482 e. The molecule has 0 fully saturated rings. The van der Waals surface area contributed by atoms with E-state index in [-0.39, 0.29) is 12.5 Å². The number of aryl methyl sites for hydroxylation is 1. The summed E-state index contributed by atoms with van der Waals surface area (Å²) in [5, 5.41) is 15.0. The van der Waals surface area contributed by atoms with Crippen molar-refractivity contribution in [3.05, 3.63) is 54.2 Å². The summed E-state index contributed by atoms with van der Waals surface area (Å²) in [6.45, 7) is 3.74. The lowest BCUT2D eigenvalue weighted by atomic mass is 10.1. The number of fused-ring (bicyclic) bond motifs is 2. The van der Waals surface area contributed by atoms with Gasteiger partial charge in [0, 0.05) is 11.8 Å². The lowest BCUT2D eigenvalue weighted by Gasteiger charge is -2.30. The van der Waals surface area contributed by atoms with Crippen molar-refractivity contribution >= 4 is 11.6 Å². The molecular weight excluding hydrogens is 388 g/mol. The molecule has 4 heterocycles.